The minimum absolute atomic E-state index is 0.161. The summed E-state index contributed by atoms with van der Waals surface area (Å²) in [6.45, 7) is 5.56. The highest BCUT2D eigenvalue weighted by Crippen LogP contribution is 2.24. The van der Waals surface area contributed by atoms with Crippen LogP contribution in [0.2, 0.25) is 0 Å². The van der Waals surface area contributed by atoms with Crippen LogP contribution >= 0.6 is 11.3 Å². The van der Waals surface area contributed by atoms with Crippen LogP contribution in [0.4, 0.5) is 5.95 Å². The van der Waals surface area contributed by atoms with E-state index in [-0.39, 0.29) is 5.56 Å². The second-order valence-corrected chi connectivity index (χ2v) is 8.01. The number of H-pyrrole nitrogens is 1. The van der Waals surface area contributed by atoms with E-state index in [4.69, 9.17) is 4.98 Å². The van der Waals surface area contributed by atoms with Crippen LogP contribution in [0.25, 0.3) is 16.7 Å². The lowest BCUT2D eigenvalue weighted by atomic mass is 10.2. The third-order valence-corrected chi connectivity index (χ3v) is 6.34. The van der Waals surface area contributed by atoms with Crippen LogP contribution < -0.4 is 10.5 Å². The fourth-order valence-electron chi connectivity index (χ4n) is 3.73. The second-order valence-electron chi connectivity index (χ2n) is 7.09. The Morgan fingerprint density at radius 3 is 2.66 bits per heavy atom. The Morgan fingerprint density at radius 2 is 1.93 bits per heavy atom. The van der Waals surface area contributed by atoms with E-state index >= 15 is 0 Å². The van der Waals surface area contributed by atoms with E-state index in [9.17, 15) is 4.79 Å². The summed E-state index contributed by atoms with van der Waals surface area (Å²) >= 11 is 1.69. The van der Waals surface area contributed by atoms with Crippen molar-refractivity contribution in [1.82, 2.24) is 29.6 Å². The molecular formula is C20H21N7OS. The van der Waals surface area contributed by atoms with E-state index in [2.05, 4.69) is 31.8 Å². The van der Waals surface area contributed by atoms with Gasteiger partial charge in [-0.1, -0.05) is 18.2 Å². The van der Waals surface area contributed by atoms with Gasteiger partial charge in [-0.2, -0.15) is 10.1 Å². The minimum Gasteiger partial charge on any atom is -0.340 e. The summed E-state index contributed by atoms with van der Waals surface area (Å²) in [4.78, 5) is 29.3. The third-order valence-electron chi connectivity index (χ3n) is 5.40. The second kappa shape index (κ2) is 7.41. The summed E-state index contributed by atoms with van der Waals surface area (Å²) in [7, 11) is 0. The highest BCUT2D eigenvalue weighted by Gasteiger charge is 2.25. The van der Waals surface area contributed by atoms with Crippen molar-refractivity contribution in [1.29, 1.82) is 0 Å². The number of hydrogen-bond acceptors (Lipinski definition) is 7. The number of hydrogen-bond donors (Lipinski definition) is 1. The van der Waals surface area contributed by atoms with Gasteiger partial charge in [-0.05, 0) is 19.1 Å². The maximum atomic E-state index is 12.6. The molecule has 1 aliphatic heterocycles. The number of fused-ring (bicyclic) bond motifs is 1. The first-order valence-electron chi connectivity index (χ1n) is 9.62. The first kappa shape index (κ1) is 18.0. The van der Waals surface area contributed by atoms with E-state index in [1.165, 1.54) is 0 Å². The largest absolute Gasteiger partial charge is 0.340 e. The standard InChI is InChI=1S/C20H21N7OS/c1-14(19-21-7-12-29-19)25-8-10-26(11-9-25)20-23-17-16(18(28)24-20)13-22-27(17)15-5-3-2-4-6-15/h2-7,12-14H,8-11H2,1H3,(H,23,24,28). The van der Waals surface area contributed by atoms with E-state index in [0.717, 1.165) is 36.9 Å². The van der Waals surface area contributed by atoms with Crippen LogP contribution in [-0.4, -0.2) is 55.8 Å². The average Bonchev–Trinajstić information content (AvgIpc) is 3.44. The van der Waals surface area contributed by atoms with E-state index in [1.807, 2.05) is 41.9 Å². The molecule has 0 aliphatic carbocycles. The van der Waals surface area contributed by atoms with Crippen molar-refractivity contribution in [2.45, 2.75) is 13.0 Å². The normalized spacial score (nSPS) is 16.4. The number of aromatic nitrogens is 5. The van der Waals surface area contributed by atoms with E-state index < -0.39 is 0 Å². The van der Waals surface area contributed by atoms with Gasteiger partial charge in [-0.3, -0.25) is 14.7 Å². The van der Waals surface area contributed by atoms with Crippen LogP contribution in [0.3, 0.4) is 0 Å². The molecule has 0 bridgehead atoms. The van der Waals surface area contributed by atoms with Gasteiger partial charge in [0.05, 0.1) is 17.9 Å². The number of thiazole rings is 1. The van der Waals surface area contributed by atoms with Gasteiger partial charge in [0.2, 0.25) is 5.95 Å². The molecule has 29 heavy (non-hydrogen) atoms. The molecule has 4 aromatic rings. The number of para-hydroxylation sites is 1. The first-order chi connectivity index (χ1) is 14.2. The van der Waals surface area contributed by atoms with Gasteiger partial charge in [0.25, 0.3) is 5.56 Å². The highest BCUT2D eigenvalue weighted by atomic mass is 32.1. The molecule has 1 saturated heterocycles. The Labute approximate surface area is 171 Å². The van der Waals surface area contributed by atoms with Crippen molar-refractivity contribution in [3.05, 3.63) is 63.5 Å². The number of rotatable bonds is 4. The maximum Gasteiger partial charge on any atom is 0.263 e. The Hall–Kier alpha value is -3.04. The molecule has 1 fully saturated rings. The molecule has 4 heterocycles. The van der Waals surface area contributed by atoms with Gasteiger partial charge in [-0.25, -0.2) is 9.67 Å². The summed E-state index contributed by atoms with van der Waals surface area (Å²) in [5.74, 6) is 0.599. The Morgan fingerprint density at radius 1 is 1.14 bits per heavy atom. The van der Waals surface area contributed by atoms with Gasteiger partial charge in [0.15, 0.2) is 5.65 Å². The molecule has 9 heteroatoms. The number of aromatic amines is 1. The SMILES string of the molecule is CC(c1nccs1)N1CCN(c2nc3c(cnn3-c3ccccc3)c(=O)[nH]2)CC1. The molecule has 1 unspecified atom stereocenters. The van der Waals surface area contributed by atoms with Crippen LogP contribution in [0.5, 0.6) is 0 Å². The molecule has 1 atom stereocenters. The topological polar surface area (TPSA) is 82.9 Å². The fraction of sp³-hybridized carbons (Fsp3) is 0.300. The predicted molar refractivity (Wildman–Crippen MR) is 114 cm³/mol. The van der Waals surface area contributed by atoms with Gasteiger partial charge < -0.3 is 4.90 Å². The first-order valence-corrected chi connectivity index (χ1v) is 10.5. The fourth-order valence-corrected chi connectivity index (χ4v) is 4.46. The van der Waals surface area contributed by atoms with Crippen LogP contribution in [0, 0.1) is 0 Å². The zero-order valence-electron chi connectivity index (χ0n) is 16.0. The molecule has 3 aromatic heterocycles. The molecule has 5 rings (SSSR count). The maximum absolute atomic E-state index is 12.6. The summed E-state index contributed by atoms with van der Waals surface area (Å²) in [5.41, 5.74) is 1.30. The zero-order valence-corrected chi connectivity index (χ0v) is 16.8. The minimum atomic E-state index is -0.161. The number of anilines is 1. The van der Waals surface area contributed by atoms with Crippen LogP contribution in [0.15, 0.2) is 52.9 Å². The summed E-state index contributed by atoms with van der Waals surface area (Å²) in [5, 5.41) is 8.03. The third kappa shape index (κ3) is 3.32. The van der Waals surface area contributed by atoms with Crippen molar-refractivity contribution in [3.63, 3.8) is 0 Å². The highest BCUT2D eigenvalue weighted by molar-refractivity contribution is 7.09. The van der Waals surface area contributed by atoms with Gasteiger partial charge >= 0.3 is 0 Å². The molecule has 0 saturated carbocycles. The Bertz CT molecular complexity index is 1160. The van der Waals surface area contributed by atoms with Crippen LogP contribution in [-0.2, 0) is 0 Å². The quantitative estimate of drug-likeness (QED) is 0.560. The lowest BCUT2D eigenvalue weighted by Crippen LogP contribution is -2.48. The summed E-state index contributed by atoms with van der Waals surface area (Å²) < 4.78 is 1.72. The number of piperazine rings is 1. The molecule has 1 aromatic carbocycles. The number of nitrogens with zero attached hydrogens (tertiary/aromatic N) is 6. The van der Waals surface area contributed by atoms with Crippen molar-refractivity contribution in [2.75, 3.05) is 31.1 Å². The molecule has 8 nitrogen and oxygen atoms in total. The number of nitrogens with one attached hydrogen (secondary N) is 1. The van der Waals surface area contributed by atoms with Crippen molar-refractivity contribution in [2.24, 2.45) is 0 Å². The van der Waals surface area contributed by atoms with Crippen molar-refractivity contribution >= 4 is 28.3 Å². The van der Waals surface area contributed by atoms with E-state index in [1.54, 1.807) is 22.2 Å². The summed E-state index contributed by atoms with van der Waals surface area (Å²) in [6, 6.07) is 10.0. The molecule has 0 spiro atoms. The van der Waals surface area contributed by atoms with Crippen LogP contribution in [0.1, 0.15) is 18.0 Å². The monoisotopic (exact) mass is 407 g/mol. The number of benzene rings is 1. The van der Waals surface area contributed by atoms with E-state index in [0.29, 0.717) is 23.0 Å². The van der Waals surface area contributed by atoms with Gasteiger partial charge in [0.1, 0.15) is 10.4 Å². The molecule has 148 valence electrons. The lowest BCUT2D eigenvalue weighted by Gasteiger charge is -2.37. The molecule has 0 amide bonds. The van der Waals surface area contributed by atoms with Crippen molar-refractivity contribution < 1.29 is 0 Å². The molecule has 1 aliphatic rings. The molecule has 1 N–H and O–H groups in total. The van der Waals surface area contributed by atoms with Crippen molar-refractivity contribution in [3.8, 4) is 5.69 Å². The summed E-state index contributed by atoms with van der Waals surface area (Å²) in [6.07, 6.45) is 3.43. The van der Waals surface area contributed by atoms with Gasteiger partial charge in [0, 0.05) is 37.8 Å². The molecule has 0 radical (unpaired) electrons. The smallest absolute Gasteiger partial charge is 0.263 e. The molecular weight excluding hydrogens is 386 g/mol. The lowest BCUT2D eigenvalue weighted by molar-refractivity contribution is 0.197. The van der Waals surface area contributed by atoms with Gasteiger partial charge in [-0.15, -0.1) is 11.3 Å². The Kier molecular flexibility index (Phi) is 4.61. The average molecular weight is 408 g/mol. The Balaban J connectivity index is 1.41. The predicted octanol–water partition coefficient (Wildman–Crippen LogP) is 2.45. The zero-order chi connectivity index (χ0) is 19.8.